The number of hydrogen-bond acceptors (Lipinski definition) is 5. The fourth-order valence-electron chi connectivity index (χ4n) is 1.91. The average Bonchev–Trinajstić information content (AvgIpc) is 3.09. The standard InChI is InChI=1S/C11H17N3O5S/c15-6-5-14(9-1-2-9)20(18,19)10-7-12-13(8-10)4-3-11(16)17/h7-9,15H,1-6H2,(H,16,17). The van der Waals surface area contributed by atoms with E-state index in [1.165, 1.54) is 21.4 Å². The van der Waals surface area contributed by atoms with Crippen LogP contribution in [0.25, 0.3) is 0 Å². The van der Waals surface area contributed by atoms with Gasteiger partial charge in [0.25, 0.3) is 0 Å². The first-order valence-electron chi connectivity index (χ1n) is 6.32. The topological polar surface area (TPSA) is 113 Å². The molecule has 2 N–H and O–H groups in total. The number of aryl methyl sites for hydroxylation is 1. The maximum Gasteiger partial charge on any atom is 0.305 e. The van der Waals surface area contributed by atoms with Gasteiger partial charge < -0.3 is 10.2 Å². The quantitative estimate of drug-likeness (QED) is 0.669. The highest BCUT2D eigenvalue weighted by Crippen LogP contribution is 2.31. The molecule has 0 spiro atoms. The number of nitrogens with zero attached hydrogens (tertiary/aromatic N) is 3. The van der Waals surface area contributed by atoms with Gasteiger partial charge in [-0.2, -0.15) is 9.40 Å². The lowest BCUT2D eigenvalue weighted by atomic mass is 10.4. The van der Waals surface area contributed by atoms with Crippen LogP contribution in [-0.2, 0) is 21.4 Å². The molecule has 1 fully saturated rings. The minimum atomic E-state index is -3.68. The van der Waals surface area contributed by atoms with Gasteiger partial charge in [-0.1, -0.05) is 0 Å². The molecule has 9 heteroatoms. The number of rotatable bonds is 8. The number of carbonyl (C=O) groups is 1. The third kappa shape index (κ3) is 3.35. The molecule has 1 heterocycles. The molecule has 1 saturated carbocycles. The van der Waals surface area contributed by atoms with E-state index in [1.54, 1.807) is 0 Å². The number of carboxylic acids is 1. The van der Waals surface area contributed by atoms with Gasteiger partial charge in [0.2, 0.25) is 10.0 Å². The van der Waals surface area contributed by atoms with E-state index in [-0.39, 0.29) is 37.1 Å². The van der Waals surface area contributed by atoms with E-state index in [1.807, 2.05) is 0 Å². The van der Waals surface area contributed by atoms with Crippen LogP contribution in [0.2, 0.25) is 0 Å². The Morgan fingerprint density at radius 3 is 2.75 bits per heavy atom. The first-order valence-corrected chi connectivity index (χ1v) is 7.76. The summed E-state index contributed by atoms with van der Waals surface area (Å²) in [7, 11) is -3.68. The third-order valence-corrected chi connectivity index (χ3v) is 4.95. The minimum absolute atomic E-state index is 0.0308. The van der Waals surface area contributed by atoms with Crippen LogP contribution in [0.4, 0.5) is 0 Å². The van der Waals surface area contributed by atoms with Crippen molar-refractivity contribution < 1.29 is 23.4 Å². The number of sulfonamides is 1. The van der Waals surface area contributed by atoms with Crippen molar-refractivity contribution in [3.63, 3.8) is 0 Å². The fraction of sp³-hybridized carbons (Fsp3) is 0.636. The molecule has 0 aliphatic heterocycles. The molecule has 0 unspecified atom stereocenters. The van der Waals surface area contributed by atoms with Crippen molar-refractivity contribution in [3.05, 3.63) is 12.4 Å². The molecular weight excluding hydrogens is 286 g/mol. The molecule has 0 aromatic carbocycles. The minimum Gasteiger partial charge on any atom is -0.481 e. The predicted octanol–water partition coefficient (Wildman–Crippen LogP) is -0.497. The van der Waals surface area contributed by atoms with Crippen LogP contribution in [0.3, 0.4) is 0 Å². The maximum atomic E-state index is 12.4. The zero-order valence-corrected chi connectivity index (χ0v) is 11.7. The zero-order chi connectivity index (χ0) is 14.8. The van der Waals surface area contributed by atoms with Crippen LogP contribution < -0.4 is 0 Å². The highest BCUT2D eigenvalue weighted by Gasteiger charge is 2.38. The van der Waals surface area contributed by atoms with Gasteiger partial charge in [-0.15, -0.1) is 0 Å². The molecule has 1 aliphatic carbocycles. The lowest BCUT2D eigenvalue weighted by Gasteiger charge is -2.19. The van der Waals surface area contributed by atoms with E-state index in [9.17, 15) is 13.2 Å². The van der Waals surface area contributed by atoms with Crippen LogP contribution in [0, 0.1) is 0 Å². The van der Waals surface area contributed by atoms with Gasteiger partial charge in [-0.05, 0) is 12.8 Å². The van der Waals surface area contributed by atoms with Crippen molar-refractivity contribution in [1.82, 2.24) is 14.1 Å². The van der Waals surface area contributed by atoms with E-state index in [0.717, 1.165) is 12.8 Å². The summed E-state index contributed by atoms with van der Waals surface area (Å²) in [5, 5.41) is 21.4. The summed E-state index contributed by atoms with van der Waals surface area (Å²) in [5.41, 5.74) is 0. The summed E-state index contributed by atoms with van der Waals surface area (Å²) in [5.74, 6) is -0.968. The molecule has 1 aliphatic rings. The molecular formula is C11H17N3O5S. The second kappa shape index (κ2) is 5.90. The third-order valence-electron chi connectivity index (χ3n) is 3.05. The van der Waals surface area contributed by atoms with Gasteiger partial charge in [0.15, 0.2) is 0 Å². The lowest BCUT2D eigenvalue weighted by molar-refractivity contribution is -0.137. The van der Waals surface area contributed by atoms with E-state index < -0.39 is 16.0 Å². The van der Waals surface area contributed by atoms with Gasteiger partial charge in [0.1, 0.15) is 4.90 Å². The number of hydrogen-bond donors (Lipinski definition) is 2. The Bertz CT molecular complexity index is 579. The fourth-order valence-corrected chi connectivity index (χ4v) is 3.54. The van der Waals surface area contributed by atoms with Gasteiger partial charge >= 0.3 is 5.97 Å². The molecule has 112 valence electrons. The number of aromatic nitrogens is 2. The summed E-state index contributed by atoms with van der Waals surface area (Å²) < 4.78 is 27.4. The summed E-state index contributed by atoms with van der Waals surface area (Å²) in [6, 6.07) is -0.0467. The molecule has 2 rings (SSSR count). The normalized spacial score (nSPS) is 15.7. The van der Waals surface area contributed by atoms with Gasteiger partial charge in [-0.25, -0.2) is 8.42 Å². The van der Waals surface area contributed by atoms with Crippen molar-refractivity contribution in [2.75, 3.05) is 13.2 Å². The number of aliphatic hydroxyl groups is 1. The van der Waals surface area contributed by atoms with E-state index in [4.69, 9.17) is 10.2 Å². The van der Waals surface area contributed by atoms with Crippen molar-refractivity contribution >= 4 is 16.0 Å². The van der Waals surface area contributed by atoms with E-state index in [2.05, 4.69) is 5.10 Å². The Hall–Kier alpha value is -1.45. The molecule has 20 heavy (non-hydrogen) atoms. The van der Waals surface area contributed by atoms with Crippen LogP contribution >= 0.6 is 0 Å². The maximum absolute atomic E-state index is 12.4. The second-order valence-corrected chi connectivity index (χ2v) is 6.54. The lowest BCUT2D eigenvalue weighted by Crippen LogP contribution is -2.35. The van der Waals surface area contributed by atoms with Crippen LogP contribution in [0.15, 0.2) is 17.3 Å². The SMILES string of the molecule is O=C(O)CCn1cc(S(=O)(=O)N(CCO)C2CC2)cn1. The van der Waals surface area contributed by atoms with E-state index in [0.29, 0.717) is 0 Å². The summed E-state index contributed by atoms with van der Waals surface area (Å²) in [6.07, 6.45) is 4.01. The summed E-state index contributed by atoms with van der Waals surface area (Å²) in [4.78, 5) is 10.5. The Kier molecular flexibility index (Phi) is 4.41. The van der Waals surface area contributed by atoms with Crippen molar-refractivity contribution in [2.24, 2.45) is 0 Å². The van der Waals surface area contributed by atoms with Crippen LogP contribution in [-0.4, -0.2) is 57.9 Å². The highest BCUT2D eigenvalue weighted by atomic mass is 32.2. The highest BCUT2D eigenvalue weighted by molar-refractivity contribution is 7.89. The molecule has 0 saturated heterocycles. The Morgan fingerprint density at radius 2 is 2.20 bits per heavy atom. The Balaban J connectivity index is 2.14. The monoisotopic (exact) mass is 303 g/mol. The van der Waals surface area contributed by atoms with Crippen molar-refractivity contribution in [3.8, 4) is 0 Å². The Labute approximate surface area is 116 Å². The van der Waals surface area contributed by atoms with E-state index >= 15 is 0 Å². The number of carboxylic acid groups (broad SMARTS) is 1. The largest absolute Gasteiger partial charge is 0.481 e. The smallest absolute Gasteiger partial charge is 0.305 e. The molecule has 0 bridgehead atoms. The molecule has 1 aromatic rings. The molecule has 0 radical (unpaired) electrons. The molecule has 8 nitrogen and oxygen atoms in total. The molecule has 0 atom stereocenters. The van der Waals surface area contributed by atoms with Crippen LogP contribution in [0.5, 0.6) is 0 Å². The molecule has 1 aromatic heterocycles. The zero-order valence-electron chi connectivity index (χ0n) is 10.8. The second-order valence-electron chi connectivity index (χ2n) is 4.65. The number of aliphatic hydroxyl groups excluding tert-OH is 1. The first kappa shape index (κ1) is 14.9. The predicted molar refractivity (Wildman–Crippen MR) is 68.5 cm³/mol. The van der Waals surface area contributed by atoms with Crippen LogP contribution in [0.1, 0.15) is 19.3 Å². The first-order chi connectivity index (χ1) is 9.45. The molecule has 0 amide bonds. The number of aliphatic carboxylic acids is 1. The average molecular weight is 303 g/mol. The van der Waals surface area contributed by atoms with Gasteiger partial charge in [0.05, 0.1) is 25.8 Å². The van der Waals surface area contributed by atoms with Gasteiger partial charge in [0, 0.05) is 18.8 Å². The Morgan fingerprint density at radius 1 is 1.50 bits per heavy atom. The van der Waals surface area contributed by atoms with Crippen molar-refractivity contribution in [2.45, 2.75) is 36.7 Å². The van der Waals surface area contributed by atoms with Gasteiger partial charge in [-0.3, -0.25) is 9.48 Å². The van der Waals surface area contributed by atoms with Crippen molar-refractivity contribution in [1.29, 1.82) is 0 Å². The summed E-state index contributed by atoms with van der Waals surface area (Å²) >= 11 is 0. The summed E-state index contributed by atoms with van der Waals surface area (Å²) in [6.45, 7) is -0.0511.